The topological polar surface area (TPSA) is 92.4 Å². The summed E-state index contributed by atoms with van der Waals surface area (Å²) in [6, 6.07) is 6.15. The Balaban J connectivity index is 2.62. The molecule has 1 aromatic heterocycles. The van der Waals surface area contributed by atoms with Gasteiger partial charge < -0.3 is 10.2 Å². The second kappa shape index (κ2) is 5.05. The van der Waals surface area contributed by atoms with Crippen LogP contribution in [0.25, 0.3) is 11.1 Å². The predicted octanol–water partition coefficient (Wildman–Crippen LogP) is 2.70. The van der Waals surface area contributed by atoms with Gasteiger partial charge in [-0.2, -0.15) is 5.10 Å². The van der Waals surface area contributed by atoms with Crippen LogP contribution in [-0.2, 0) is 5.54 Å². The number of carboxylic acid groups (broad SMARTS) is 2. The number of hydrogen-bond acceptors (Lipinski definition) is 3. The van der Waals surface area contributed by atoms with E-state index in [1.165, 1.54) is 12.1 Å². The number of aromatic carboxylic acids is 2. The lowest BCUT2D eigenvalue weighted by Gasteiger charge is -2.18. The van der Waals surface area contributed by atoms with E-state index in [0.717, 1.165) is 0 Å². The van der Waals surface area contributed by atoms with E-state index < -0.39 is 11.9 Å². The third-order valence-corrected chi connectivity index (χ3v) is 3.02. The summed E-state index contributed by atoms with van der Waals surface area (Å²) in [4.78, 5) is 22.4. The number of hydrogen-bond donors (Lipinski definition) is 2. The molecule has 0 amide bonds. The van der Waals surface area contributed by atoms with Gasteiger partial charge in [0.2, 0.25) is 0 Å². The Morgan fingerprint density at radius 1 is 1.14 bits per heavy atom. The zero-order valence-electron chi connectivity index (χ0n) is 12.0. The van der Waals surface area contributed by atoms with E-state index in [4.69, 9.17) is 5.11 Å². The smallest absolute Gasteiger partial charge is 0.357 e. The van der Waals surface area contributed by atoms with Crippen LogP contribution in [0.3, 0.4) is 0 Å². The van der Waals surface area contributed by atoms with Gasteiger partial charge in [0.05, 0.1) is 11.1 Å². The van der Waals surface area contributed by atoms with Gasteiger partial charge in [0, 0.05) is 11.8 Å². The Morgan fingerprint density at radius 3 is 2.33 bits per heavy atom. The Bertz CT molecular complexity index is 711. The molecule has 2 rings (SSSR count). The first-order valence-corrected chi connectivity index (χ1v) is 6.37. The molecule has 0 saturated heterocycles. The van der Waals surface area contributed by atoms with Gasteiger partial charge >= 0.3 is 11.9 Å². The van der Waals surface area contributed by atoms with Gasteiger partial charge in [-0.05, 0) is 38.5 Å². The molecule has 1 aromatic carbocycles. The van der Waals surface area contributed by atoms with E-state index in [9.17, 15) is 14.7 Å². The predicted molar refractivity (Wildman–Crippen MR) is 76.6 cm³/mol. The number of aromatic nitrogens is 2. The van der Waals surface area contributed by atoms with Crippen LogP contribution >= 0.6 is 0 Å². The fourth-order valence-corrected chi connectivity index (χ4v) is 1.91. The molecule has 0 radical (unpaired) electrons. The molecule has 2 N–H and O–H groups in total. The highest BCUT2D eigenvalue weighted by atomic mass is 16.4. The van der Waals surface area contributed by atoms with Gasteiger partial charge in [0.15, 0.2) is 5.69 Å². The summed E-state index contributed by atoms with van der Waals surface area (Å²) in [7, 11) is 0. The van der Waals surface area contributed by atoms with Gasteiger partial charge in [-0.15, -0.1) is 0 Å². The lowest BCUT2D eigenvalue weighted by Crippen LogP contribution is -2.22. The van der Waals surface area contributed by atoms with Crippen molar-refractivity contribution in [1.82, 2.24) is 9.78 Å². The number of benzene rings is 1. The summed E-state index contributed by atoms with van der Waals surface area (Å²) < 4.78 is 1.57. The first-order valence-electron chi connectivity index (χ1n) is 6.37. The molecule has 0 aliphatic carbocycles. The largest absolute Gasteiger partial charge is 0.478 e. The zero-order valence-corrected chi connectivity index (χ0v) is 12.0. The second-order valence-electron chi connectivity index (χ2n) is 5.70. The molecule has 2 aromatic rings. The number of rotatable bonds is 3. The quantitative estimate of drug-likeness (QED) is 0.905. The van der Waals surface area contributed by atoms with Crippen LogP contribution in [0.2, 0.25) is 0 Å². The molecule has 0 spiro atoms. The minimum atomic E-state index is -1.14. The monoisotopic (exact) mass is 288 g/mol. The van der Waals surface area contributed by atoms with Crippen molar-refractivity contribution in [3.05, 3.63) is 41.7 Å². The van der Waals surface area contributed by atoms with Gasteiger partial charge in [0.25, 0.3) is 0 Å². The Labute approximate surface area is 121 Å². The molecular formula is C15H16N2O4. The fourth-order valence-electron chi connectivity index (χ4n) is 1.91. The van der Waals surface area contributed by atoms with Crippen LogP contribution in [0.1, 0.15) is 41.6 Å². The number of nitrogens with zero attached hydrogens (tertiary/aromatic N) is 2. The van der Waals surface area contributed by atoms with Crippen molar-refractivity contribution in [3.63, 3.8) is 0 Å². The third-order valence-electron chi connectivity index (χ3n) is 3.02. The Kier molecular flexibility index (Phi) is 3.55. The summed E-state index contributed by atoms with van der Waals surface area (Å²) in [6.45, 7) is 5.72. The lowest BCUT2D eigenvalue weighted by atomic mass is 10.0. The summed E-state index contributed by atoms with van der Waals surface area (Å²) in [5.74, 6) is -2.20. The lowest BCUT2D eigenvalue weighted by molar-refractivity contribution is 0.0682. The molecule has 0 aliphatic heterocycles. The summed E-state index contributed by atoms with van der Waals surface area (Å²) >= 11 is 0. The normalized spacial score (nSPS) is 11.4. The van der Waals surface area contributed by atoms with E-state index >= 15 is 0 Å². The number of carbonyl (C=O) groups is 2. The Morgan fingerprint density at radius 2 is 1.81 bits per heavy atom. The molecule has 1 heterocycles. The first kappa shape index (κ1) is 14.8. The van der Waals surface area contributed by atoms with Crippen LogP contribution < -0.4 is 0 Å². The van der Waals surface area contributed by atoms with E-state index in [2.05, 4.69) is 5.10 Å². The molecule has 0 atom stereocenters. The van der Waals surface area contributed by atoms with E-state index in [0.29, 0.717) is 11.1 Å². The van der Waals surface area contributed by atoms with Crippen molar-refractivity contribution in [3.8, 4) is 11.1 Å². The molecule has 0 fully saturated rings. The highest BCUT2D eigenvalue weighted by Gasteiger charge is 2.22. The van der Waals surface area contributed by atoms with Crippen molar-refractivity contribution in [1.29, 1.82) is 0 Å². The van der Waals surface area contributed by atoms with Crippen molar-refractivity contribution < 1.29 is 19.8 Å². The molecule has 6 nitrogen and oxygen atoms in total. The van der Waals surface area contributed by atoms with Crippen molar-refractivity contribution in [2.24, 2.45) is 0 Å². The summed E-state index contributed by atoms with van der Waals surface area (Å²) in [5, 5.41) is 22.4. The first-order chi connectivity index (χ1) is 9.70. The maximum absolute atomic E-state index is 11.4. The standard InChI is InChI=1S/C15H16N2O4/c1-15(2,3)17-8-11(12(16-17)14(20)21)9-5-4-6-10(7-9)13(18)19/h4-8H,1-3H3,(H,18,19)(H,20,21). The molecule has 110 valence electrons. The highest BCUT2D eigenvalue weighted by molar-refractivity contribution is 5.95. The molecule has 0 saturated carbocycles. The average molecular weight is 288 g/mol. The second-order valence-corrected chi connectivity index (χ2v) is 5.70. The fraction of sp³-hybridized carbons (Fsp3) is 0.267. The Hall–Kier alpha value is -2.63. The van der Waals surface area contributed by atoms with Gasteiger partial charge in [0.1, 0.15) is 0 Å². The summed E-state index contributed by atoms with van der Waals surface area (Å²) in [5.41, 5.74) is 0.565. The molecule has 0 unspecified atom stereocenters. The van der Waals surface area contributed by atoms with Crippen LogP contribution in [0.15, 0.2) is 30.5 Å². The van der Waals surface area contributed by atoms with Gasteiger partial charge in [-0.3, -0.25) is 4.68 Å². The van der Waals surface area contributed by atoms with Crippen LogP contribution in [0.5, 0.6) is 0 Å². The zero-order chi connectivity index (χ0) is 15.8. The van der Waals surface area contributed by atoms with E-state index in [1.54, 1.807) is 23.0 Å². The van der Waals surface area contributed by atoms with Crippen molar-refractivity contribution in [2.75, 3.05) is 0 Å². The van der Waals surface area contributed by atoms with Crippen LogP contribution in [0.4, 0.5) is 0 Å². The SMILES string of the molecule is CC(C)(C)n1cc(-c2cccc(C(=O)O)c2)c(C(=O)O)n1. The maximum atomic E-state index is 11.4. The average Bonchev–Trinajstić information content (AvgIpc) is 2.84. The van der Waals surface area contributed by atoms with E-state index in [-0.39, 0.29) is 16.8 Å². The minimum Gasteiger partial charge on any atom is -0.478 e. The van der Waals surface area contributed by atoms with Crippen molar-refractivity contribution >= 4 is 11.9 Å². The minimum absolute atomic E-state index is 0.0903. The molecule has 6 heteroatoms. The van der Waals surface area contributed by atoms with Crippen LogP contribution in [-0.4, -0.2) is 31.9 Å². The van der Waals surface area contributed by atoms with Gasteiger partial charge in [-0.25, -0.2) is 9.59 Å². The molecular weight excluding hydrogens is 272 g/mol. The highest BCUT2D eigenvalue weighted by Crippen LogP contribution is 2.27. The van der Waals surface area contributed by atoms with Gasteiger partial charge in [-0.1, -0.05) is 12.1 Å². The maximum Gasteiger partial charge on any atom is 0.357 e. The third kappa shape index (κ3) is 2.94. The molecule has 0 aliphatic rings. The van der Waals surface area contributed by atoms with Crippen LogP contribution in [0, 0.1) is 0 Å². The van der Waals surface area contributed by atoms with Crippen molar-refractivity contribution in [2.45, 2.75) is 26.3 Å². The molecule has 21 heavy (non-hydrogen) atoms. The molecule has 0 bridgehead atoms. The summed E-state index contributed by atoms with van der Waals surface area (Å²) in [6.07, 6.45) is 1.63. The number of carboxylic acids is 2. The van der Waals surface area contributed by atoms with E-state index in [1.807, 2.05) is 20.8 Å².